The number of carbonyl (C=O) groups excluding carboxylic acids is 1. The maximum absolute atomic E-state index is 12.2. The minimum Gasteiger partial charge on any atom is -0.377 e. The number of amides is 1. The van der Waals surface area contributed by atoms with Crippen LogP contribution in [-0.2, 0) is 4.79 Å². The summed E-state index contributed by atoms with van der Waals surface area (Å²) in [5, 5.41) is 18.5. The van der Waals surface area contributed by atoms with Crippen molar-refractivity contribution in [2.75, 3.05) is 30.9 Å². The topological polar surface area (TPSA) is 100 Å². The Morgan fingerprint density at radius 1 is 1.11 bits per heavy atom. The molecule has 4 rings (SSSR count). The van der Waals surface area contributed by atoms with Crippen molar-refractivity contribution in [3.63, 3.8) is 0 Å². The van der Waals surface area contributed by atoms with Gasteiger partial charge in [-0.05, 0) is 61.4 Å². The van der Waals surface area contributed by atoms with Crippen LogP contribution in [0.5, 0.6) is 0 Å². The van der Waals surface area contributed by atoms with Gasteiger partial charge in [-0.1, -0.05) is 18.2 Å². The molecule has 2 aromatic carbocycles. The number of para-hydroxylation sites is 1. The molecule has 1 fully saturated rings. The molecule has 182 valence electrons. The summed E-state index contributed by atoms with van der Waals surface area (Å²) in [4.78, 5) is 29.4. The van der Waals surface area contributed by atoms with E-state index in [0.717, 1.165) is 53.7 Å². The molecular formula is C27H31N5O3. The first-order valence-electron chi connectivity index (χ1n) is 11.9. The van der Waals surface area contributed by atoms with Gasteiger partial charge in [0.05, 0.1) is 10.4 Å². The zero-order valence-corrected chi connectivity index (χ0v) is 20.1. The first-order valence-corrected chi connectivity index (χ1v) is 11.9. The smallest absolute Gasteiger partial charge is 0.269 e. The number of hydrogen-bond donors (Lipinski definition) is 2. The van der Waals surface area contributed by atoms with E-state index in [0.29, 0.717) is 18.5 Å². The Morgan fingerprint density at radius 3 is 2.51 bits per heavy atom. The molecule has 1 amide bonds. The van der Waals surface area contributed by atoms with Gasteiger partial charge in [0.1, 0.15) is 5.82 Å². The number of nitrogens with zero attached hydrogens (tertiary/aromatic N) is 3. The van der Waals surface area contributed by atoms with E-state index in [-0.39, 0.29) is 11.6 Å². The molecule has 1 heterocycles. The fourth-order valence-corrected chi connectivity index (χ4v) is 4.50. The van der Waals surface area contributed by atoms with E-state index in [9.17, 15) is 14.9 Å². The third kappa shape index (κ3) is 6.35. The quantitative estimate of drug-likeness (QED) is 0.271. The Morgan fingerprint density at radius 2 is 1.83 bits per heavy atom. The minimum atomic E-state index is -0.441. The van der Waals surface area contributed by atoms with Crippen LogP contribution in [-0.4, -0.2) is 42.5 Å². The molecule has 0 saturated heterocycles. The van der Waals surface area contributed by atoms with Gasteiger partial charge in [-0.15, -0.1) is 0 Å². The molecular weight excluding hydrogens is 442 g/mol. The Balaban J connectivity index is 1.25. The van der Waals surface area contributed by atoms with E-state index in [2.05, 4.69) is 27.7 Å². The van der Waals surface area contributed by atoms with Gasteiger partial charge in [-0.2, -0.15) is 0 Å². The highest BCUT2D eigenvalue weighted by Crippen LogP contribution is 2.30. The number of carbonyl (C=O) groups is 1. The number of nitro groups is 1. The molecule has 0 atom stereocenters. The molecule has 2 N–H and O–H groups in total. The van der Waals surface area contributed by atoms with Gasteiger partial charge >= 0.3 is 0 Å². The SMILES string of the molecule is CN(C)c1cc(NC2CCC(CNC(=O)/C=C/c3ccc([N+](=O)[O-])cc3)CC2)nc2ccccc12. The average molecular weight is 474 g/mol. The molecule has 3 aromatic rings. The number of aromatic nitrogens is 1. The van der Waals surface area contributed by atoms with E-state index >= 15 is 0 Å². The molecule has 0 spiro atoms. The van der Waals surface area contributed by atoms with Gasteiger partial charge in [0.2, 0.25) is 5.91 Å². The highest BCUT2D eigenvalue weighted by molar-refractivity contribution is 5.93. The number of anilines is 2. The third-order valence-corrected chi connectivity index (χ3v) is 6.47. The van der Waals surface area contributed by atoms with Crippen LogP contribution in [0, 0.1) is 16.0 Å². The van der Waals surface area contributed by atoms with E-state index < -0.39 is 4.92 Å². The van der Waals surface area contributed by atoms with Crippen LogP contribution >= 0.6 is 0 Å². The van der Waals surface area contributed by atoms with Gasteiger partial charge in [-0.3, -0.25) is 14.9 Å². The summed E-state index contributed by atoms with van der Waals surface area (Å²) < 4.78 is 0. The summed E-state index contributed by atoms with van der Waals surface area (Å²) in [6, 6.07) is 16.8. The van der Waals surface area contributed by atoms with Gasteiger partial charge in [0, 0.05) is 62.0 Å². The second-order valence-corrected chi connectivity index (χ2v) is 9.23. The van der Waals surface area contributed by atoms with Crippen LogP contribution in [0.4, 0.5) is 17.2 Å². The van der Waals surface area contributed by atoms with Crippen LogP contribution in [0.1, 0.15) is 31.2 Å². The van der Waals surface area contributed by atoms with Crippen LogP contribution < -0.4 is 15.5 Å². The van der Waals surface area contributed by atoms with Crippen LogP contribution in [0.2, 0.25) is 0 Å². The monoisotopic (exact) mass is 473 g/mol. The summed E-state index contributed by atoms with van der Waals surface area (Å²) in [5.41, 5.74) is 2.92. The Bertz CT molecular complexity index is 1220. The summed E-state index contributed by atoms with van der Waals surface area (Å²) in [5.74, 6) is 1.20. The number of hydrogen-bond acceptors (Lipinski definition) is 6. The average Bonchev–Trinajstić information content (AvgIpc) is 2.86. The first-order chi connectivity index (χ1) is 16.9. The van der Waals surface area contributed by atoms with Crippen molar-refractivity contribution < 1.29 is 9.72 Å². The summed E-state index contributed by atoms with van der Waals surface area (Å²) in [6.07, 6.45) is 7.28. The van der Waals surface area contributed by atoms with E-state index in [4.69, 9.17) is 4.98 Å². The van der Waals surface area contributed by atoms with Crippen LogP contribution in [0.3, 0.4) is 0 Å². The number of benzene rings is 2. The Hall–Kier alpha value is -3.94. The molecule has 35 heavy (non-hydrogen) atoms. The maximum Gasteiger partial charge on any atom is 0.269 e. The number of nitrogens with one attached hydrogen (secondary N) is 2. The highest BCUT2D eigenvalue weighted by atomic mass is 16.6. The fraction of sp³-hybridized carbons (Fsp3) is 0.333. The molecule has 8 heteroatoms. The Labute approximate surface area is 205 Å². The molecule has 1 aliphatic carbocycles. The van der Waals surface area contributed by atoms with Gasteiger partial charge < -0.3 is 15.5 Å². The molecule has 1 saturated carbocycles. The number of non-ortho nitro benzene ring substituents is 1. The summed E-state index contributed by atoms with van der Waals surface area (Å²) >= 11 is 0. The molecule has 0 bridgehead atoms. The lowest BCUT2D eigenvalue weighted by Crippen LogP contribution is -2.33. The van der Waals surface area contributed by atoms with E-state index in [1.807, 2.05) is 32.3 Å². The lowest BCUT2D eigenvalue weighted by Gasteiger charge is -2.30. The zero-order valence-electron chi connectivity index (χ0n) is 20.1. The molecule has 0 radical (unpaired) electrons. The third-order valence-electron chi connectivity index (χ3n) is 6.47. The molecule has 1 aliphatic rings. The number of fused-ring (bicyclic) bond motifs is 1. The predicted molar refractivity (Wildman–Crippen MR) is 141 cm³/mol. The van der Waals surface area contributed by atoms with Crippen molar-refractivity contribution >= 4 is 40.1 Å². The Kier molecular flexibility index (Phi) is 7.60. The van der Waals surface area contributed by atoms with Gasteiger partial charge in [0.25, 0.3) is 5.69 Å². The van der Waals surface area contributed by atoms with Crippen molar-refractivity contribution in [2.24, 2.45) is 5.92 Å². The van der Waals surface area contributed by atoms with Crippen molar-refractivity contribution in [2.45, 2.75) is 31.7 Å². The summed E-state index contributed by atoms with van der Waals surface area (Å²) in [7, 11) is 4.10. The van der Waals surface area contributed by atoms with Crippen LogP contribution in [0.15, 0.2) is 60.7 Å². The van der Waals surface area contributed by atoms with Crippen LogP contribution in [0.25, 0.3) is 17.0 Å². The van der Waals surface area contributed by atoms with Crippen molar-refractivity contribution in [3.8, 4) is 0 Å². The predicted octanol–water partition coefficient (Wildman–Crippen LogP) is 5.01. The normalized spacial score (nSPS) is 17.9. The second kappa shape index (κ2) is 11.0. The molecule has 0 unspecified atom stereocenters. The molecule has 1 aromatic heterocycles. The van der Waals surface area contributed by atoms with Crippen molar-refractivity contribution in [3.05, 3.63) is 76.4 Å². The number of nitro benzene ring substituents is 1. The van der Waals surface area contributed by atoms with E-state index in [1.165, 1.54) is 18.2 Å². The molecule has 8 nitrogen and oxygen atoms in total. The fourth-order valence-electron chi connectivity index (χ4n) is 4.50. The largest absolute Gasteiger partial charge is 0.377 e. The first kappa shape index (κ1) is 24.2. The van der Waals surface area contributed by atoms with Gasteiger partial charge in [-0.25, -0.2) is 4.98 Å². The highest BCUT2D eigenvalue weighted by Gasteiger charge is 2.22. The number of pyridine rings is 1. The van der Waals surface area contributed by atoms with Crippen molar-refractivity contribution in [1.29, 1.82) is 0 Å². The van der Waals surface area contributed by atoms with Crippen molar-refractivity contribution in [1.82, 2.24) is 10.3 Å². The standard InChI is InChI=1S/C27H31N5O3/c1-31(2)25-17-26(30-24-6-4-3-5-23(24)25)29-21-12-7-20(8-13-21)18-28-27(33)16-11-19-9-14-22(15-10-19)32(34)35/h3-6,9-11,14-17,20-21H,7-8,12-13,18H2,1-2H3,(H,28,33)(H,29,30)/b16-11+. The second-order valence-electron chi connectivity index (χ2n) is 9.23. The molecule has 0 aliphatic heterocycles. The number of rotatable bonds is 8. The van der Waals surface area contributed by atoms with E-state index in [1.54, 1.807) is 18.2 Å². The maximum atomic E-state index is 12.2. The van der Waals surface area contributed by atoms with Gasteiger partial charge in [0.15, 0.2) is 0 Å². The zero-order chi connectivity index (χ0) is 24.8. The lowest BCUT2D eigenvalue weighted by atomic mass is 9.86. The minimum absolute atomic E-state index is 0.0335. The lowest BCUT2D eigenvalue weighted by molar-refractivity contribution is -0.384. The summed E-state index contributed by atoms with van der Waals surface area (Å²) in [6.45, 7) is 0.648.